The molecule has 1 aromatic carbocycles. The first-order valence-corrected chi connectivity index (χ1v) is 9.88. The van der Waals surface area contributed by atoms with E-state index in [9.17, 15) is 0 Å². The Balaban J connectivity index is 1.65. The lowest BCUT2D eigenvalue weighted by molar-refractivity contribution is 0.468. The molecule has 1 atom stereocenters. The second-order valence-electron chi connectivity index (χ2n) is 6.97. The number of nitrogens with two attached hydrogens (primary N) is 2. The molecule has 5 N–H and O–H groups in total. The van der Waals surface area contributed by atoms with Gasteiger partial charge in [0.05, 0.1) is 12.2 Å². The number of hydrogen-bond acceptors (Lipinski definition) is 7. The fraction of sp³-hybridized carbons (Fsp3) is 0.316. The Labute approximate surface area is 172 Å². The molecule has 28 heavy (non-hydrogen) atoms. The van der Waals surface area contributed by atoms with Crippen LogP contribution in [0.3, 0.4) is 0 Å². The molecular weight excluding hydrogens is 420 g/mol. The van der Waals surface area contributed by atoms with Crippen molar-refractivity contribution in [2.24, 2.45) is 7.05 Å². The smallest absolute Gasteiger partial charge is 0.223 e. The summed E-state index contributed by atoms with van der Waals surface area (Å²) in [7, 11) is 1.96. The lowest BCUT2D eigenvalue weighted by Crippen LogP contribution is -2.46. The van der Waals surface area contributed by atoms with E-state index in [1.54, 1.807) is 6.07 Å². The van der Waals surface area contributed by atoms with E-state index in [2.05, 4.69) is 66.3 Å². The average Bonchev–Trinajstić information content (AvgIpc) is 3.00. The summed E-state index contributed by atoms with van der Waals surface area (Å²) < 4.78 is 2.96. The minimum atomic E-state index is 0.137. The summed E-state index contributed by atoms with van der Waals surface area (Å²) in [6.07, 6.45) is 1.91. The number of nitrogens with one attached hydrogen (secondary N) is 1. The van der Waals surface area contributed by atoms with Gasteiger partial charge in [-0.15, -0.1) is 0 Å². The molecule has 0 radical (unpaired) electrons. The van der Waals surface area contributed by atoms with Gasteiger partial charge in [-0.2, -0.15) is 15.1 Å². The zero-order chi connectivity index (χ0) is 19.8. The Morgan fingerprint density at radius 2 is 2.04 bits per heavy atom. The number of hydrogen-bond donors (Lipinski definition) is 3. The first-order valence-electron chi connectivity index (χ1n) is 9.09. The van der Waals surface area contributed by atoms with Crippen LogP contribution in [-0.4, -0.2) is 39.4 Å². The van der Waals surface area contributed by atoms with Crippen LogP contribution in [0.25, 0.3) is 11.1 Å². The van der Waals surface area contributed by atoms with E-state index in [4.69, 9.17) is 11.5 Å². The number of anilines is 3. The van der Waals surface area contributed by atoms with Crippen LogP contribution in [-0.2, 0) is 7.05 Å². The van der Waals surface area contributed by atoms with Gasteiger partial charge in [0.1, 0.15) is 11.6 Å². The fourth-order valence-corrected chi connectivity index (χ4v) is 4.08. The molecule has 0 bridgehead atoms. The Bertz CT molecular complexity index is 995. The molecule has 8 nitrogen and oxygen atoms in total. The molecule has 3 heterocycles. The molecule has 0 saturated carbocycles. The van der Waals surface area contributed by atoms with Gasteiger partial charge in [-0.05, 0) is 30.2 Å². The van der Waals surface area contributed by atoms with Crippen molar-refractivity contribution in [1.82, 2.24) is 25.1 Å². The molecule has 9 heteroatoms. The summed E-state index contributed by atoms with van der Waals surface area (Å²) >= 11 is 3.72. The maximum absolute atomic E-state index is 5.85. The predicted octanol–water partition coefficient (Wildman–Crippen LogP) is 2.26. The number of nitrogen functional groups attached to an aromatic ring is 2. The van der Waals surface area contributed by atoms with Gasteiger partial charge < -0.3 is 21.7 Å². The van der Waals surface area contributed by atoms with Crippen LogP contribution in [0.5, 0.6) is 0 Å². The van der Waals surface area contributed by atoms with Crippen LogP contribution in [0.1, 0.15) is 17.3 Å². The van der Waals surface area contributed by atoms with E-state index in [1.165, 1.54) is 5.56 Å². The standard InChI is InChI=1S/C19H23BrN8/c1-11-14(9-24-27(11)2)12-3-4-15(20)13(7-12)16-10-28(6-5-23-16)18-8-17(21)25-19(22)26-18/h3-4,7-9,16,23H,5-6,10H2,1-2H3,(H4,21,22,25,26). The molecule has 3 aromatic rings. The third-order valence-electron chi connectivity index (χ3n) is 5.17. The molecule has 0 aliphatic carbocycles. The summed E-state index contributed by atoms with van der Waals surface area (Å²) in [4.78, 5) is 10.5. The highest BCUT2D eigenvalue weighted by molar-refractivity contribution is 9.10. The highest BCUT2D eigenvalue weighted by Crippen LogP contribution is 2.32. The van der Waals surface area contributed by atoms with Crippen molar-refractivity contribution in [3.8, 4) is 11.1 Å². The highest BCUT2D eigenvalue weighted by atomic mass is 79.9. The largest absolute Gasteiger partial charge is 0.383 e. The van der Waals surface area contributed by atoms with Crippen molar-refractivity contribution < 1.29 is 0 Å². The lowest BCUT2D eigenvalue weighted by Gasteiger charge is -2.35. The maximum Gasteiger partial charge on any atom is 0.223 e. The molecule has 1 aliphatic rings. The van der Waals surface area contributed by atoms with E-state index >= 15 is 0 Å². The normalized spacial score (nSPS) is 17.1. The summed E-state index contributed by atoms with van der Waals surface area (Å²) in [6, 6.07) is 8.33. The summed E-state index contributed by atoms with van der Waals surface area (Å²) in [5.74, 6) is 1.33. The molecule has 0 spiro atoms. The second-order valence-corrected chi connectivity index (χ2v) is 7.82. The molecule has 1 unspecified atom stereocenters. The third kappa shape index (κ3) is 3.55. The Kier molecular flexibility index (Phi) is 4.94. The minimum absolute atomic E-state index is 0.137. The number of piperazine rings is 1. The van der Waals surface area contributed by atoms with Crippen molar-refractivity contribution in [2.75, 3.05) is 36.0 Å². The lowest BCUT2D eigenvalue weighted by atomic mass is 9.98. The Morgan fingerprint density at radius 1 is 1.21 bits per heavy atom. The van der Waals surface area contributed by atoms with Crippen molar-refractivity contribution in [2.45, 2.75) is 13.0 Å². The van der Waals surface area contributed by atoms with E-state index in [0.29, 0.717) is 5.82 Å². The topological polar surface area (TPSA) is 111 Å². The van der Waals surface area contributed by atoms with E-state index < -0.39 is 0 Å². The van der Waals surface area contributed by atoms with Crippen LogP contribution in [0.15, 0.2) is 34.9 Å². The number of halogens is 1. The summed E-state index contributed by atoms with van der Waals surface area (Å²) in [5, 5.41) is 7.97. The first-order chi connectivity index (χ1) is 13.4. The number of benzene rings is 1. The molecule has 1 aliphatic heterocycles. The van der Waals surface area contributed by atoms with Crippen LogP contribution in [0, 0.1) is 6.92 Å². The zero-order valence-electron chi connectivity index (χ0n) is 15.9. The Hall–Kier alpha value is -2.65. The molecule has 1 fully saturated rings. The van der Waals surface area contributed by atoms with Gasteiger partial charge in [-0.3, -0.25) is 4.68 Å². The van der Waals surface area contributed by atoms with Crippen LogP contribution in [0.4, 0.5) is 17.6 Å². The number of nitrogens with zero attached hydrogens (tertiary/aromatic N) is 5. The minimum Gasteiger partial charge on any atom is -0.383 e. The van der Waals surface area contributed by atoms with Crippen LogP contribution in [0.2, 0.25) is 0 Å². The zero-order valence-corrected chi connectivity index (χ0v) is 17.4. The van der Waals surface area contributed by atoms with E-state index in [1.807, 2.05) is 17.9 Å². The molecule has 0 amide bonds. The van der Waals surface area contributed by atoms with Crippen LogP contribution < -0.4 is 21.7 Å². The van der Waals surface area contributed by atoms with Gasteiger partial charge in [0.2, 0.25) is 5.95 Å². The van der Waals surface area contributed by atoms with Crippen molar-refractivity contribution in [1.29, 1.82) is 0 Å². The second kappa shape index (κ2) is 7.40. The molecular formula is C19H23BrN8. The molecule has 4 rings (SSSR count). The van der Waals surface area contributed by atoms with Gasteiger partial charge in [0, 0.05) is 48.5 Å². The molecule has 2 aromatic heterocycles. The Morgan fingerprint density at radius 3 is 2.75 bits per heavy atom. The number of aromatic nitrogens is 4. The average molecular weight is 443 g/mol. The monoisotopic (exact) mass is 442 g/mol. The van der Waals surface area contributed by atoms with Gasteiger partial charge in [0.15, 0.2) is 0 Å². The van der Waals surface area contributed by atoms with Gasteiger partial charge in [0.25, 0.3) is 0 Å². The fourth-order valence-electron chi connectivity index (χ4n) is 3.56. The predicted molar refractivity (Wildman–Crippen MR) is 115 cm³/mol. The first kappa shape index (κ1) is 18.7. The van der Waals surface area contributed by atoms with E-state index in [0.717, 1.165) is 46.7 Å². The summed E-state index contributed by atoms with van der Waals surface area (Å²) in [5.41, 5.74) is 16.2. The maximum atomic E-state index is 5.85. The van der Waals surface area contributed by atoms with Gasteiger partial charge in [-0.1, -0.05) is 22.0 Å². The highest BCUT2D eigenvalue weighted by Gasteiger charge is 2.24. The van der Waals surface area contributed by atoms with Gasteiger partial charge in [-0.25, -0.2) is 0 Å². The third-order valence-corrected chi connectivity index (χ3v) is 5.89. The van der Waals surface area contributed by atoms with E-state index in [-0.39, 0.29) is 12.0 Å². The number of aryl methyl sites for hydroxylation is 1. The molecule has 146 valence electrons. The number of rotatable bonds is 3. The van der Waals surface area contributed by atoms with Crippen LogP contribution >= 0.6 is 15.9 Å². The molecule has 1 saturated heterocycles. The quantitative estimate of drug-likeness (QED) is 0.570. The van der Waals surface area contributed by atoms with Gasteiger partial charge >= 0.3 is 0 Å². The van der Waals surface area contributed by atoms with Crippen molar-refractivity contribution in [3.63, 3.8) is 0 Å². The summed E-state index contributed by atoms with van der Waals surface area (Å²) in [6.45, 7) is 4.49. The SMILES string of the molecule is Cc1c(-c2ccc(Br)c(C3CN(c4cc(N)nc(N)n4)CCN3)c2)cnn1C. The van der Waals surface area contributed by atoms with Crippen molar-refractivity contribution >= 4 is 33.5 Å². The van der Waals surface area contributed by atoms with Crippen molar-refractivity contribution in [3.05, 3.63) is 46.2 Å².